The average molecular weight is 280 g/mol. The van der Waals surface area contributed by atoms with Crippen LogP contribution in [0.1, 0.15) is 45.5 Å². The third-order valence-corrected chi connectivity index (χ3v) is 3.70. The number of aryl methyl sites for hydroxylation is 2. The van der Waals surface area contributed by atoms with E-state index in [1.165, 1.54) is 11.3 Å². The summed E-state index contributed by atoms with van der Waals surface area (Å²) in [5, 5.41) is 9.21. The van der Waals surface area contributed by atoms with Crippen LogP contribution in [0.2, 0.25) is 0 Å². The molecule has 102 valence electrons. The van der Waals surface area contributed by atoms with Gasteiger partial charge in [-0.15, -0.1) is 11.3 Å². The van der Waals surface area contributed by atoms with Crippen molar-refractivity contribution >= 4 is 17.2 Å². The minimum absolute atomic E-state index is 0.179. The fourth-order valence-electron chi connectivity index (χ4n) is 1.96. The van der Waals surface area contributed by atoms with Crippen LogP contribution in [-0.2, 0) is 6.54 Å². The fraction of sp³-hybridized carbons (Fsp3) is 0.417. The summed E-state index contributed by atoms with van der Waals surface area (Å²) in [6.07, 6.45) is 0. The summed E-state index contributed by atoms with van der Waals surface area (Å²) in [5.41, 5.74) is 7.56. The second-order valence-corrected chi connectivity index (χ2v) is 5.21. The first kappa shape index (κ1) is 13.7. The largest absolute Gasteiger partial charge is 0.361 e. The van der Waals surface area contributed by atoms with Crippen molar-refractivity contribution in [3.05, 3.63) is 33.1 Å². The highest BCUT2D eigenvalue weighted by molar-refractivity contribution is 7.09. The number of nitrogens with two attached hydrogens (primary N) is 1. The molecule has 7 heteroatoms. The number of carbonyl (C=O) groups excluding carboxylic acids is 1. The number of nitrogens with one attached hydrogen (secondary N) is 1. The van der Waals surface area contributed by atoms with Gasteiger partial charge in [-0.05, 0) is 20.8 Å². The molecular weight excluding hydrogens is 264 g/mol. The maximum Gasteiger partial charge on any atom is 0.271 e. The lowest BCUT2D eigenvalue weighted by Gasteiger charge is -2.12. The van der Waals surface area contributed by atoms with Gasteiger partial charge in [0, 0.05) is 17.5 Å². The Morgan fingerprint density at radius 1 is 1.58 bits per heavy atom. The Kier molecular flexibility index (Phi) is 3.96. The van der Waals surface area contributed by atoms with E-state index in [1.807, 2.05) is 20.8 Å². The van der Waals surface area contributed by atoms with Crippen molar-refractivity contribution in [1.82, 2.24) is 15.5 Å². The highest BCUT2D eigenvalue weighted by Gasteiger charge is 2.20. The highest BCUT2D eigenvalue weighted by Crippen LogP contribution is 2.21. The van der Waals surface area contributed by atoms with Crippen LogP contribution >= 0.6 is 11.3 Å². The zero-order valence-electron chi connectivity index (χ0n) is 11.1. The van der Waals surface area contributed by atoms with Gasteiger partial charge in [0.1, 0.15) is 16.5 Å². The SMILES string of the molecule is Cc1noc(C)c1C(C)NC(=O)c1csc(CN)n1. The van der Waals surface area contributed by atoms with Gasteiger partial charge >= 0.3 is 0 Å². The number of carbonyl (C=O) groups is 1. The Morgan fingerprint density at radius 2 is 2.32 bits per heavy atom. The van der Waals surface area contributed by atoms with Crippen LogP contribution in [0.4, 0.5) is 0 Å². The molecule has 6 nitrogen and oxygen atoms in total. The van der Waals surface area contributed by atoms with E-state index in [0.717, 1.165) is 16.3 Å². The lowest BCUT2D eigenvalue weighted by atomic mass is 10.1. The minimum atomic E-state index is -0.219. The fourth-order valence-corrected chi connectivity index (χ4v) is 2.61. The van der Waals surface area contributed by atoms with Crippen molar-refractivity contribution in [1.29, 1.82) is 0 Å². The number of amides is 1. The molecule has 1 atom stereocenters. The van der Waals surface area contributed by atoms with Gasteiger partial charge in [0.05, 0.1) is 11.7 Å². The molecule has 2 aromatic rings. The molecule has 2 rings (SSSR count). The molecule has 0 aliphatic heterocycles. The van der Waals surface area contributed by atoms with Crippen molar-refractivity contribution < 1.29 is 9.32 Å². The molecule has 2 aromatic heterocycles. The van der Waals surface area contributed by atoms with E-state index in [1.54, 1.807) is 5.38 Å². The van der Waals surface area contributed by atoms with E-state index >= 15 is 0 Å². The Balaban J connectivity index is 2.10. The Morgan fingerprint density at radius 3 is 2.84 bits per heavy atom. The van der Waals surface area contributed by atoms with Crippen LogP contribution in [0.5, 0.6) is 0 Å². The van der Waals surface area contributed by atoms with Crippen molar-refractivity contribution in [3.63, 3.8) is 0 Å². The lowest BCUT2D eigenvalue weighted by Crippen LogP contribution is -2.27. The van der Waals surface area contributed by atoms with Crippen molar-refractivity contribution in [2.24, 2.45) is 5.73 Å². The summed E-state index contributed by atoms with van der Waals surface area (Å²) < 4.78 is 5.09. The third kappa shape index (κ3) is 2.82. The van der Waals surface area contributed by atoms with Gasteiger partial charge in [0.25, 0.3) is 5.91 Å². The van der Waals surface area contributed by atoms with E-state index in [2.05, 4.69) is 15.5 Å². The van der Waals surface area contributed by atoms with Gasteiger partial charge in [-0.3, -0.25) is 4.79 Å². The first-order chi connectivity index (χ1) is 9.02. The molecular formula is C12H16N4O2S. The Labute approximate surface area is 115 Å². The Hall–Kier alpha value is -1.73. The van der Waals surface area contributed by atoms with Crippen LogP contribution in [-0.4, -0.2) is 16.0 Å². The summed E-state index contributed by atoms with van der Waals surface area (Å²) in [5.74, 6) is 0.495. The van der Waals surface area contributed by atoms with Gasteiger partial charge in [-0.25, -0.2) is 4.98 Å². The molecule has 0 bridgehead atoms. The maximum absolute atomic E-state index is 12.0. The lowest BCUT2D eigenvalue weighted by molar-refractivity contribution is 0.0935. The van der Waals surface area contributed by atoms with E-state index in [4.69, 9.17) is 10.3 Å². The molecule has 0 aliphatic rings. The van der Waals surface area contributed by atoms with Crippen LogP contribution in [0.15, 0.2) is 9.90 Å². The van der Waals surface area contributed by atoms with Gasteiger partial charge < -0.3 is 15.6 Å². The van der Waals surface area contributed by atoms with Crippen LogP contribution in [0.25, 0.3) is 0 Å². The van der Waals surface area contributed by atoms with Gasteiger partial charge in [-0.2, -0.15) is 0 Å². The molecule has 1 unspecified atom stereocenters. The number of nitrogens with zero attached hydrogens (tertiary/aromatic N) is 2. The van der Waals surface area contributed by atoms with Crippen LogP contribution in [0, 0.1) is 13.8 Å². The molecule has 0 aromatic carbocycles. The first-order valence-electron chi connectivity index (χ1n) is 5.91. The normalized spacial score (nSPS) is 12.4. The summed E-state index contributed by atoms with van der Waals surface area (Å²) in [4.78, 5) is 16.2. The van der Waals surface area contributed by atoms with Gasteiger partial charge in [0.15, 0.2) is 0 Å². The second kappa shape index (κ2) is 5.50. The van der Waals surface area contributed by atoms with Crippen LogP contribution < -0.4 is 11.1 Å². The molecule has 2 heterocycles. The number of rotatable bonds is 4. The van der Waals surface area contributed by atoms with Crippen molar-refractivity contribution in [3.8, 4) is 0 Å². The molecule has 0 saturated carbocycles. The predicted molar refractivity (Wildman–Crippen MR) is 71.9 cm³/mol. The molecule has 0 spiro atoms. The van der Waals surface area contributed by atoms with Crippen molar-refractivity contribution in [2.75, 3.05) is 0 Å². The molecule has 0 fully saturated rings. The minimum Gasteiger partial charge on any atom is -0.361 e. The smallest absolute Gasteiger partial charge is 0.271 e. The standard InChI is InChI=1S/C12H16N4O2S/c1-6(11-7(2)16-18-8(11)3)14-12(17)9-5-19-10(4-13)15-9/h5-6H,4,13H2,1-3H3,(H,14,17). The summed E-state index contributed by atoms with van der Waals surface area (Å²) in [6.45, 7) is 5.91. The number of thiazole rings is 1. The highest BCUT2D eigenvalue weighted by atomic mass is 32.1. The monoisotopic (exact) mass is 280 g/mol. The van der Waals surface area contributed by atoms with Crippen molar-refractivity contribution in [2.45, 2.75) is 33.4 Å². The molecule has 19 heavy (non-hydrogen) atoms. The first-order valence-corrected chi connectivity index (χ1v) is 6.79. The maximum atomic E-state index is 12.0. The predicted octanol–water partition coefficient (Wildman–Crippen LogP) is 1.70. The van der Waals surface area contributed by atoms with E-state index in [9.17, 15) is 4.79 Å². The average Bonchev–Trinajstić information content (AvgIpc) is 2.96. The van der Waals surface area contributed by atoms with Gasteiger partial charge in [-0.1, -0.05) is 5.16 Å². The van der Waals surface area contributed by atoms with E-state index < -0.39 is 0 Å². The quantitative estimate of drug-likeness (QED) is 0.889. The molecule has 0 aliphatic carbocycles. The zero-order valence-corrected chi connectivity index (χ0v) is 11.9. The summed E-state index contributed by atoms with van der Waals surface area (Å²) in [7, 11) is 0. The van der Waals surface area contributed by atoms with E-state index in [0.29, 0.717) is 18.0 Å². The summed E-state index contributed by atoms with van der Waals surface area (Å²) in [6, 6.07) is -0.179. The number of hydrogen-bond donors (Lipinski definition) is 2. The second-order valence-electron chi connectivity index (χ2n) is 4.26. The number of hydrogen-bond acceptors (Lipinski definition) is 6. The van der Waals surface area contributed by atoms with E-state index in [-0.39, 0.29) is 11.9 Å². The van der Waals surface area contributed by atoms with Crippen LogP contribution in [0.3, 0.4) is 0 Å². The summed E-state index contributed by atoms with van der Waals surface area (Å²) >= 11 is 1.38. The molecule has 3 N–H and O–H groups in total. The topological polar surface area (TPSA) is 94.0 Å². The molecule has 1 amide bonds. The molecule has 0 saturated heterocycles. The molecule has 0 radical (unpaired) electrons. The van der Waals surface area contributed by atoms with Gasteiger partial charge in [0.2, 0.25) is 0 Å². The number of aromatic nitrogens is 2. The Bertz CT molecular complexity index is 571. The third-order valence-electron chi connectivity index (χ3n) is 2.83. The zero-order chi connectivity index (χ0) is 14.0.